The molecule has 1 aromatic heterocycles. The molecule has 2 rings (SSSR count). The second-order valence-electron chi connectivity index (χ2n) is 5.03. The summed E-state index contributed by atoms with van der Waals surface area (Å²) < 4.78 is 1.66. The third-order valence-electron chi connectivity index (χ3n) is 3.64. The predicted molar refractivity (Wildman–Crippen MR) is 65.2 cm³/mol. The lowest BCUT2D eigenvalue weighted by Crippen LogP contribution is -2.39. The molecule has 100 valence electrons. The second kappa shape index (κ2) is 5.32. The molecule has 18 heavy (non-hydrogen) atoms. The van der Waals surface area contributed by atoms with E-state index in [1.807, 2.05) is 14.0 Å². The fourth-order valence-electron chi connectivity index (χ4n) is 2.59. The highest BCUT2D eigenvalue weighted by Crippen LogP contribution is 2.27. The van der Waals surface area contributed by atoms with Gasteiger partial charge in [-0.3, -0.25) is 4.79 Å². The standard InChI is InChI=1S/C11H19N5O2/c1-8(6-10(17)18)9-4-3-5-16(7-9)11-12-13-14-15(11)2/h8-9H,3-7H2,1-2H3,(H,17,18). The molecule has 0 amide bonds. The molecular weight excluding hydrogens is 234 g/mol. The SMILES string of the molecule is CC(CC(=O)O)C1CCCN(c2nnnn2C)C1. The maximum Gasteiger partial charge on any atom is 0.303 e. The van der Waals surface area contributed by atoms with Crippen LogP contribution in [0.1, 0.15) is 26.2 Å². The number of piperidine rings is 1. The highest BCUT2D eigenvalue weighted by molar-refractivity contribution is 5.67. The van der Waals surface area contributed by atoms with E-state index in [0.29, 0.717) is 5.92 Å². The number of nitrogens with zero attached hydrogens (tertiary/aromatic N) is 5. The summed E-state index contributed by atoms with van der Waals surface area (Å²) in [4.78, 5) is 12.9. The van der Waals surface area contributed by atoms with Crippen LogP contribution in [0.4, 0.5) is 5.95 Å². The Bertz CT molecular complexity index is 419. The van der Waals surface area contributed by atoms with Crippen molar-refractivity contribution >= 4 is 11.9 Å². The van der Waals surface area contributed by atoms with E-state index in [2.05, 4.69) is 20.4 Å². The van der Waals surface area contributed by atoms with Crippen LogP contribution in [0.3, 0.4) is 0 Å². The minimum atomic E-state index is -0.722. The third kappa shape index (κ3) is 2.77. The van der Waals surface area contributed by atoms with E-state index in [0.717, 1.165) is 31.9 Å². The molecule has 2 heterocycles. The van der Waals surface area contributed by atoms with Crippen molar-refractivity contribution in [2.24, 2.45) is 18.9 Å². The van der Waals surface area contributed by atoms with Gasteiger partial charge < -0.3 is 10.0 Å². The molecule has 2 unspecified atom stereocenters. The first kappa shape index (κ1) is 12.8. The minimum absolute atomic E-state index is 0.187. The summed E-state index contributed by atoms with van der Waals surface area (Å²) in [6.07, 6.45) is 2.37. The van der Waals surface area contributed by atoms with Crippen molar-refractivity contribution < 1.29 is 9.90 Å². The Morgan fingerprint density at radius 2 is 2.39 bits per heavy atom. The van der Waals surface area contributed by atoms with Crippen LogP contribution in [0.2, 0.25) is 0 Å². The Labute approximate surface area is 106 Å². The predicted octanol–water partition coefficient (Wildman–Crippen LogP) is 0.537. The van der Waals surface area contributed by atoms with Gasteiger partial charge >= 0.3 is 5.97 Å². The first-order valence-corrected chi connectivity index (χ1v) is 6.27. The summed E-state index contributed by atoms with van der Waals surface area (Å²) in [7, 11) is 1.82. The molecule has 0 radical (unpaired) electrons. The van der Waals surface area contributed by atoms with E-state index in [-0.39, 0.29) is 12.3 Å². The Morgan fingerprint density at radius 3 is 3.00 bits per heavy atom. The van der Waals surface area contributed by atoms with Gasteiger partial charge in [-0.1, -0.05) is 12.0 Å². The Hall–Kier alpha value is -1.66. The Balaban J connectivity index is 2.00. The van der Waals surface area contributed by atoms with Gasteiger partial charge in [0.15, 0.2) is 0 Å². The lowest BCUT2D eigenvalue weighted by Gasteiger charge is -2.35. The Morgan fingerprint density at radius 1 is 1.61 bits per heavy atom. The van der Waals surface area contributed by atoms with Crippen molar-refractivity contribution in [1.82, 2.24) is 20.2 Å². The Kier molecular flexibility index (Phi) is 3.78. The van der Waals surface area contributed by atoms with Crippen molar-refractivity contribution in [3.05, 3.63) is 0 Å². The topological polar surface area (TPSA) is 84.1 Å². The lowest BCUT2D eigenvalue weighted by molar-refractivity contribution is -0.138. The molecule has 7 nitrogen and oxygen atoms in total. The van der Waals surface area contributed by atoms with Crippen LogP contribution in [-0.4, -0.2) is 44.4 Å². The molecule has 7 heteroatoms. The number of hydrogen-bond donors (Lipinski definition) is 1. The minimum Gasteiger partial charge on any atom is -0.481 e. The number of rotatable bonds is 4. The van der Waals surface area contributed by atoms with Crippen LogP contribution in [0, 0.1) is 11.8 Å². The quantitative estimate of drug-likeness (QED) is 0.843. The van der Waals surface area contributed by atoms with E-state index >= 15 is 0 Å². The molecule has 0 spiro atoms. The molecule has 0 aromatic carbocycles. The summed E-state index contributed by atoms with van der Waals surface area (Å²) >= 11 is 0. The van der Waals surface area contributed by atoms with E-state index in [1.165, 1.54) is 0 Å². The van der Waals surface area contributed by atoms with Crippen molar-refractivity contribution in [2.75, 3.05) is 18.0 Å². The smallest absolute Gasteiger partial charge is 0.303 e. The van der Waals surface area contributed by atoms with Gasteiger partial charge in [0.2, 0.25) is 5.95 Å². The van der Waals surface area contributed by atoms with Gasteiger partial charge in [-0.25, -0.2) is 4.68 Å². The van der Waals surface area contributed by atoms with Crippen LogP contribution < -0.4 is 4.90 Å². The highest BCUT2D eigenvalue weighted by atomic mass is 16.4. The van der Waals surface area contributed by atoms with Crippen molar-refractivity contribution in [2.45, 2.75) is 26.2 Å². The molecule has 2 atom stereocenters. The van der Waals surface area contributed by atoms with E-state index in [9.17, 15) is 4.79 Å². The van der Waals surface area contributed by atoms with Gasteiger partial charge in [0, 0.05) is 26.6 Å². The number of hydrogen-bond acceptors (Lipinski definition) is 5. The van der Waals surface area contributed by atoms with Gasteiger partial charge in [0.25, 0.3) is 0 Å². The fraction of sp³-hybridized carbons (Fsp3) is 0.818. The number of aromatic nitrogens is 4. The van der Waals surface area contributed by atoms with Crippen LogP contribution in [-0.2, 0) is 11.8 Å². The van der Waals surface area contributed by atoms with E-state index < -0.39 is 5.97 Å². The molecule has 0 bridgehead atoms. The molecular formula is C11H19N5O2. The van der Waals surface area contributed by atoms with E-state index in [4.69, 9.17) is 5.11 Å². The van der Waals surface area contributed by atoms with Gasteiger partial charge in [-0.15, -0.1) is 0 Å². The fourth-order valence-corrected chi connectivity index (χ4v) is 2.59. The molecule has 1 N–H and O–H groups in total. The average molecular weight is 253 g/mol. The summed E-state index contributed by atoms with van der Waals surface area (Å²) in [5.41, 5.74) is 0. The number of anilines is 1. The molecule has 1 saturated heterocycles. The zero-order valence-electron chi connectivity index (χ0n) is 10.8. The second-order valence-corrected chi connectivity index (χ2v) is 5.03. The zero-order valence-corrected chi connectivity index (χ0v) is 10.8. The normalized spacial score (nSPS) is 21.9. The van der Waals surface area contributed by atoms with Gasteiger partial charge in [0.1, 0.15) is 0 Å². The third-order valence-corrected chi connectivity index (χ3v) is 3.64. The van der Waals surface area contributed by atoms with Crippen LogP contribution in [0.25, 0.3) is 0 Å². The molecule has 1 fully saturated rings. The summed E-state index contributed by atoms with van der Waals surface area (Å²) in [6.45, 7) is 3.78. The number of tetrazole rings is 1. The van der Waals surface area contributed by atoms with Crippen molar-refractivity contribution in [1.29, 1.82) is 0 Å². The maximum atomic E-state index is 10.8. The summed E-state index contributed by atoms with van der Waals surface area (Å²) in [5.74, 6) is 0.625. The van der Waals surface area contributed by atoms with Crippen LogP contribution >= 0.6 is 0 Å². The lowest BCUT2D eigenvalue weighted by atomic mass is 9.85. The summed E-state index contributed by atoms with van der Waals surface area (Å²) in [5, 5.41) is 20.3. The van der Waals surface area contributed by atoms with Crippen LogP contribution in [0.5, 0.6) is 0 Å². The first-order chi connectivity index (χ1) is 8.58. The molecule has 1 aliphatic heterocycles. The largest absolute Gasteiger partial charge is 0.481 e. The monoisotopic (exact) mass is 253 g/mol. The van der Waals surface area contributed by atoms with Crippen molar-refractivity contribution in [3.63, 3.8) is 0 Å². The molecule has 0 saturated carbocycles. The van der Waals surface area contributed by atoms with Crippen molar-refractivity contribution in [3.8, 4) is 0 Å². The number of carbonyl (C=O) groups is 1. The van der Waals surface area contributed by atoms with Crippen LogP contribution in [0.15, 0.2) is 0 Å². The summed E-state index contributed by atoms with van der Waals surface area (Å²) in [6, 6.07) is 0. The number of aliphatic carboxylic acids is 1. The maximum absolute atomic E-state index is 10.8. The van der Waals surface area contributed by atoms with Gasteiger partial charge in [0.05, 0.1) is 0 Å². The average Bonchev–Trinajstić information content (AvgIpc) is 2.75. The van der Waals surface area contributed by atoms with E-state index in [1.54, 1.807) is 4.68 Å². The molecule has 0 aliphatic carbocycles. The zero-order chi connectivity index (χ0) is 13.1. The first-order valence-electron chi connectivity index (χ1n) is 6.27. The number of carboxylic acids is 1. The van der Waals surface area contributed by atoms with Gasteiger partial charge in [-0.2, -0.15) is 0 Å². The number of aryl methyl sites for hydroxylation is 1. The number of carboxylic acid groups (broad SMARTS) is 1. The molecule has 1 aliphatic rings. The highest BCUT2D eigenvalue weighted by Gasteiger charge is 2.27. The van der Waals surface area contributed by atoms with Gasteiger partial charge in [-0.05, 0) is 35.1 Å². The molecule has 1 aromatic rings.